The van der Waals surface area contributed by atoms with Crippen molar-refractivity contribution in [1.82, 2.24) is 0 Å². The lowest BCUT2D eigenvalue weighted by atomic mass is 10.2. The maximum atomic E-state index is 5.15. The van der Waals surface area contributed by atoms with Gasteiger partial charge in [0.1, 0.15) is 0 Å². The summed E-state index contributed by atoms with van der Waals surface area (Å²) >= 11 is 1.89. The molecule has 0 bridgehead atoms. The van der Waals surface area contributed by atoms with Crippen molar-refractivity contribution in [3.8, 4) is 0 Å². The van der Waals surface area contributed by atoms with Gasteiger partial charge >= 0.3 is 0 Å². The highest BCUT2D eigenvalue weighted by atomic mass is 32.2. The molecule has 0 aliphatic carbocycles. The number of ether oxygens (including phenoxy) is 1. The Morgan fingerprint density at radius 2 is 2.13 bits per heavy atom. The molecule has 0 aliphatic heterocycles. The largest absolute Gasteiger partial charge is 0.385 e. The molecular weight excluding hydrogens is 206 g/mol. The van der Waals surface area contributed by atoms with E-state index in [1.165, 1.54) is 23.4 Å². The summed E-state index contributed by atoms with van der Waals surface area (Å²) in [7, 11) is 1.73. The highest BCUT2D eigenvalue weighted by Crippen LogP contribution is 2.15. The van der Waals surface area contributed by atoms with Crippen LogP contribution in [0, 0.1) is 0 Å². The number of anilines is 1. The average molecular weight is 225 g/mol. The minimum Gasteiger partial charge on any atom is -0.385 e. The van der Waals surface area contributed by atoms with Gasteiger partial charge in [0.25, 0.3) is 0 Å². The van der Waals surface area contributed by atoms with Crippen LogP contribution in [0.4, 0.5) is 5.69 Å². The number of rotatable bonds is 7. The van der Waals surface area contributed by atoms with Crippen LogP contribution >= 0.6 is 11.8 Å². The minimum absolute atomic E-state index is 0.672. The van der Waals surface area contributed by atoms with Gasteiger partial charge in [-0.2, -0.15) is 11.8 Å². The first kappa shape index (κ1) is 12.4. The lowest BCUT2D eigenvalue weighted by Crippen LogP contribution is -2.05. The molecular formula is C12H19NOS. The fourth-order valence-corrected chi connectivity index (χ4v) is 1.85. The molecule has 0 saturated heterocycles. The third kappa shape index (κ3) is 4.58. The lowest BCUT2D eigenvalue weighted by molar-refractivity contribution is 0.185. The van der Waals surface area contributed by atoms with Crippen molar-refractivity contribution in [2.45, 2.75) is 13.0 Å². The molecule has 0 spiro atoms. The van der Waals surface area contributed by atoms with Crippen LogP contribution in [-0.4, -0.2) is 25.7 Å². The summed E-state index contributed by atoms with van der Waals surface area (Å²) in [4.78, 5) is 0. The van der Waals surface area contributed by atoms with Crippen LogP contribution in [0.15, 0.2) is 24.3 Å². The Morgan fingerprint density at radius 1 is 1.33 bits per heavy atom. The summed E-state index contributed by atoms with van der Waals surface area (Å²) < 4.78 is 5.15. The zero-order valence-corrected chi connectivity index (χ0v) is 10.3. The van der Waals surface area contributed by atoms with Gasteiger partial charge in [0.05, 0.1) is 6.61 Å². The molecule has 2 nitrogen and oxygen atoms in total. The van der Waals surface area contributed by atoms with Gasteiger partial charge in [-0.25, -0.2) is 0 Å². The molecule has 0 fully saturated rings. The molecule has 0 unspecified atom stereocenters. The first-order chi connectivity index (χ1) is 7.38. The van der Waals surface area contributed by atoms with E-state index >= 15 is 0 Å². The van der Waals surface area contributed by atoms with Gasteiger partial charge in [0.2, 0.25) is 0 Å². The normalized spacial score (nSPS) is 10.3. The third-order valence-corrected chi connectivity index (χ3v) is 2.85. The van der Waals surface area contributed by atoms with Crippen LogP contribution in [-0.2, 0) is 11.3 Å². The van der Waals surface area contributed by atoms with Crippen LogP contribution in [0.2, 0.25) is 0 Å². The van der Waals surface area contributed by atoms with Crippen LogP contribution in [0.5, 0.6) is 0 Å². The van der Waals surface area contributed by atoms with E-state index in [0.717, 1.165) is 6.54 Å². The molecule has 0 atom stereocenters. The predicted molar refractivity (Wildman–Crippen MR) is 68.6 cm³/mol. The molecule has 1 aromatic rings. The maximum absolute atomic E-state index is 5.15. The Kier molecular flexibility index (Phi) is 6.28. The van der Waals surface area contributed by atoms with Gasteiger partial charge < -0.3 is 10.1 Å². The number of thioether (sulfide) groups is 1. The second kappa shape index (κ2) is 7.60. The molecule has 15 heavy (non-hydrogen) atoms. The van der Waals surface area contributed by atoms with E-state index < -0.39 is 0 Å². The van der Waals surface area contributed by atoms with Gasteiger partial charge in [-0.15, -0.1) is 0 Å². The Morgan fingerprint density at radius 3 is 2.87 bits per heavy atom. The fraction of sp³-hybridized carbons (Fsp3) is 0.500. The summed E-state index contributed by atoms with van der Waals surface area (Å²) in [6.45, 7) is 1.70. The molecule has 0 aromatic heterocycles. The quantitative estimate of drug-likeness (QED) is 0.721. The topological polar surface area (TPSA) is 21.3 Å². The number of para-hydroxylation sites is 1. The second-order valence-corrected chi connectivity index (χ2v) is 4.35. The van der Waals surface area contributed by atoms with E-state index in [0.29, 0.717) is 6.61 Å². The van der Waals surface area contributed by atoms with E-state index in [1.54, 1.807) is 7.11 Å². The number of nitrogens with one attached hydrogen (secondary N) is 1. The first-order valence-electron chi connectivity index (χ1n) is 5.18. The molecule has 1 N–H and O–H groups in total. The summed E-state index contributed by atoms with van der Waals surface area (Å²) in [5, 5.41) is 3.44. The number of methoxy groups -OCH3 is 1. The Balaban J connectivity index is 2.44. The molecule has 1 aromatic carbocycles. The Labute approximate surface area is 96.4 Å². The summed E-state index contributed by atoms with van der Waals surface area (Å²) in [6, 6.07) is 8.30. The Hall–Kier alpha value is -0.670. The highest BCUT2D eigenvalue weighted by Gasteiger charge is 1.99. The lowest BCUT2D eigenvalue weighted by Gasteiger charge is -2.10. The van der Waals surface area contributed by atoms with E-state index in [1.807, 2.05) is 17.8 Å². The van der Waals surface area contributed by atoms with Crippen molar-refractivity contribution < 1.29 is 4.74 Å². The van der Waals surface area contributed by atoms with Crippen molar-refractivity contribution >= 4 is 17.4 Å². The average Bonchev–Trinajstić information content (AvgIpc) is 2.27. The van der Waals surface area contributed by atoms with E-state index in [2.05, 4.69) is 29.8 Å². The van der Waals surface area contributed by atoms with Gasteiger partial charge in [-0.05, 0) is 24.5 Å². The third-order valence-electron chi connectivity index (χ3n) is 2.16. The zero-order chi connectivity index (χ0) is 10.9. The molecule has 0 heterocycles. The minimum atomic E-state index is 0.672. The van der Waals surface area contributed by atoms with Crippen molar-refractivity contribution in [3.05, 3.63) is 29.8 Å². The molecule has 3 heteroatoms. The SMILES string of the molecule is COCc1ccccc1NCCCSC. The van der Waals surface area contributed by atoms with Crippen molar-refractivity contribution in [2.75, 3.05) is 31.0 Å². The van der Waals surface area contributed by atoms with E-state index in [-0.39, 0.29) is 0 Å². The van der Waals surface area contributed by atoms with E-state index in [4.69, 9.17) is 4.74 Å². The monoisotopic (exact) mass is 225 g/mol. The molecule has 0 amide bonds. The molecule has 0 radical (unpaired) electrons. The van der Waals surface area contributed by atoms with Gasteiger partial charge in [0, 0.05) is 24.9 Å². The van der Waals surface area contributed by atoms with Crippen molar-refractivity contribution in [2.24, 2.45) is 0 Å². The molecule has 0 aliphatic rings. The van der Waals surface area contributed by atoms with Crippen LogP contribution in [0.1, 0.15) is 12.0 Å². The first-order valence-corrected chi connectivity index (χ1v) is 6.57. The molecule has 1 rings (SSSR count). The number of hydrogen-bond donors (Lipinski definition) is 1. The fourth-order valence-electron chi connectivity index (χ4n) is 1.41. The zero-order valence-electron chi connectivity index (χ0n) is 9.45. The second-order valence-electron chi connectivity index (χ2n) is 3.36. The summed E-state index contributed by atoms with van der Waals surface area (Å²) in [6.07, 6.45) is 3.33. The predicted octanol–water partition coefficient (Wildman–Crippen LogP) is 3.00. The van der Waals surface area contributed by atoms with Crippen molar-refractivity contribution in [3.63, 3.8) is 0 Å². The van der Waals surface area contributed by atoms with E-state index in [9.17, 15) is 0 Å². The Bertz CT molecular complexity index is 278. The van der Waals surface area contributed by atoms with Crippen molar-refractivity contribution in [1.29, 1.82) is 0 Å². The molecule has 0 saturated carbocycles. The smallest absolute Gasteiger partial charge is 0.0733 e. The standard InChI is InChI=1S/C12H19NOS/c1-14-10-11-6-3-4-7-12(11)13-8-5-9-15-2/h3-4,6-7,13H,5,8-10H2,1-2H3. The molecule has 84 valence electrons. The number of hydrogen-bond acceptors (Lipinski definition) is 3. The van der Waals surface area contributed by atoms with Gasteiger partial charge in [-0.3, -0.25) is 0 Å². The van der Waals surface area contributed by atoms with Crippen LogP contribution in [0.3, 0.4) is 0 Å². The summed E-state index contributed by atoms with van der Waals surface area (Å²) in [5.41, 5.74) is 2.42. The van der Waals surface area contributed by atoms with Crippen LogP contribution in [0.25, 0.3) is 0 Å². The maximum Gasteiger partial charge on any atom is 0.0733 e. The van der Waals surface area contributed by atoms with Gasteiger partial charge in [-0.1, -0.05) is 18.2 Å². The number of benzene rings is 1. The summed E-state index contributed by atoms with van der Waals surface area (Å²) in [5.74, 6) is 1.21. The van der Waals surface area contributed by atoms with Gasteiger partial charge in [0.15, 0.2) is 0 Å². The highest BCUT2D eigenvalue weighted by molar-refractivity contribution is 7.98. The van der Waals surface area contributed by atoms with Crippen LogP contribution < -0.4 is 5.32 Å².